The highest BCUT2D eigenvalue weighted by molar-refractivity contribution is 5.76. The molecular weight excluding hydrogens is 250 g/mol. The molecule has 0 aliphatic carbocycles. The van der Waals surface area contributed by atoms with Gasteiger partial charge in [0.25, 0.3) is 0 Å². The molecule has 20 heavy (non-hydrogen) atoms. The van der Waals surface area contributed by atoms with E-state index >= 15 is 0 Å². The summed E-state index contributed by atoms with van der Waals surface area (Å²) in [7, 11) is 0. The number of carbonyl (C=O) groups excluding carboxylic acids is 1. The highest BCUT2D eigenvalue weighted by atomic mass is 16.5. The normalized spacial score (nSPS) is 18.1. The third-order valence-electron chi connectivity index (χ3n) is 3.82. The van der Waals surface area contributed by atoms with Crippen molar-refractivity contribution in [3.05, 3.63) is 35.9 Å². The summed E-state index contributed by atoms with van der Waals surface area (Å²) in [5.41, 5.74) is 1.24. The van der Waals surface area contributed by atoms with Crippen molar-refractivity contribution in [2.75, 3.05) is 26.3 Å². The maximum Gasteiger partial charge on any atom is 0.222 e. The molecule has 1 aliphatic heterocycles. The summed E-state index contributed by atoms with van der Waals surface area (Å²) in [6, 6.07) is 10.2. The number of benzene rings is 1. The van der Waals surface area contributed by atoms with Gasteiger partial charge in [-0.05, 0) is 24.8 Å². The highest BCUT2D eigenvalue weighted by Gasteiger charge is 2.21. The summed E-state index contributed by atoms with van der Waals surface area (Å²) in [5, 5.41) is 0. The lowest BCUT2D eigenvalue weighted by molar-refractivity contribution is -0.131. The molecule has 1 aromatic rings. The number of aryl methyl sites for hydroxylation is 1. The van der Waals surface area contributed by atoms with Crippen molar-refractivity contribution in [2.24, 2.45) is 5.92 Å². The van der Waals surface area contributed by atoms with Gasteiger partial charge in [0.1, 0.15) is 0 Å². The van der Waals surface area contributed by atoms with Gasteiger partial charge in [0.05, 0.1) is 6.61 Å². The Balaban J connectivity index is 1.82. The maximum atomic E-state index is 12.4. The van der Waals surface area contributed by atoms with Crippen molar-refractivity contribution < 1.29 is 9.53 Å². The van der Waals surface area contributed by atoms with Crippen molar-refractivity contribution in [3.8, 4) is 0 Å². The van der Waals surface area contributed by atoms with Gasteiger partial charge < -0.3 is 9.64 Å². The summed E-state index contributed by atoms with van der Waals surface area (Å²) in [4.78, 5) is 14.4. The molecule has 1 aromatic carbocycles. The lowest BCUT2D eigenvalue weighted by atomic mass is 10.1. The molecule has 1 atom stereocenters. The predicted octanol–water partition coefficient (Wildman–Crippen LogP) is 2.89. The summed E-state index contributed by atoms with van der Waals surface area (Å²) in [6.07, 6.45) is 3.55. The Bertz CT molecular complexity index is 399. The second-order valence-electron chi connectivity index (χ2n) is 5.55. The van der Waals surface area contributed by atoms with Crippen LogP contribution in [0.4, 0.5) is 0 Å². The smallest absolute Gasteiger partial charge is 0.222 e. The van der Waals surface area contributed by atoms with Gasteiger partial charge in [-0.1, -0.05) is 37.3 Å². The summed E-state index contributed by atoms with van der Waals surface area (Å²) >= 11 is 0. The molecule has 1 unspecified atom stereocenters. The minimum atomic E-state index is 0.280. The summed E-state index contributed by atoms with van der Waals surface area (Å²) in [6.45, 7) is 5.52. The first kappa shape index (κ1) is 15.0. The van der Waals surface area contributed by atoms with Crippen LogP contribution in [0.15, 0.2) is 30.3 Å². The van der Waals surface area contributed by atoms with Gasteiger partial charge in [-0.2, -0.15) is 0 Å². The topological polar surface area (TPSA) is 29.5 Å². The highest BCUT2D eigenvalue weighted by Crippen LogP contribution is 2.15. The fourth-order valence-corrected chi connectivity index (χ4v) is 2.68. The first-order valence-corrected chi connectivity index (χ1v) is 7.69. The number of nitrogens with zero attached hydrogens (tertiary/aromatic N) is 1. The van der Waals surface area contributed by atoms with E-state index in [2.05, 4.69) is 19.1 Å². The fraction of sp³-hybridized carbons (Fsp3) is 0.588. The summed E-state index contributed by atoms with van der Waals surface area (Å²) in [5.74, 6) is 0.810. The van der Waals surface area contributed by atoms with E-state index in [4.69, 9.17) is 4.74 Å². The SMILES string of the molecule is CCCN(CC1CCOC1)C(=O)CCc1ccccc1. The minimum Gasteiger partial charge on any atom is -0.381 e. The summed E-state index contributed by atoms with van der Waals surface area (Å²) < 4.78 is 5.41. The van der Waals surface area contributed by atoms with Crippen molar-refractivity contribution in [1.82, 2.24) is 4.90 Å². The van der Waals surface area contributed by atoms with Crippen LogP contribution in [0.3, 0.4) is 0 Å². The van der Waals surface area contributed by atoms with E-state index in [0.717, 1.165) is 45.6 Å². The minimum absolute atomic E-state index is 0.280. The quantitative estimate of drug-likeness (QED) is 0.766. The van der Waals surface area contributed by atoms with Crippen LogP contribution in [0.5, 0.6) is 0 Å². The second kappa shape index (κ2) is 8.05. The van der Waals surface area contributed by atoms with E-state index in [9.17, 15) is 4.79 Å². The zero-order valence-corrected chi connectivity index (χ0v) is 12.4. The second-order valence-corrected chi connectivity index (χ2v) is 5.55. The van der Waals surface area contributed by atoms with E-state index in [1.807, 2.05) is 23.1 Å². The van der Waals surface area contributed by atoms with Crippen molar-refractivity contribution >= 4 is 5.91 Å². The number of hydrogen-bond donors (Lipinski definition) is 0. The fourth-order valence-electron chi connectivity index (χ4n) is 2.68. The molecule has 0 saturated carbocycles. The average Bonchev–Trinajstić information content (AvgIpc) is 2.98. The van der Waals surface area contributed by atoms with Crippen LogP contribution in [0, 0.1) is 5.92 Å². The van der Waals surface area contributed by atoms with Crippen LogP contribution in [0.25, 0.3) is 0 Å². The Morgan fingerprint density at radius 1 is 1.35 bits per heavy atom. The predicted molar refractivity (Wildman–Crippen MR) is 80.6 cm³/mol. The molecule has 0 N–H and O–H groups in total. The Hall–Kier alpha value is -1.35. The maximum absolute atomic E-state index is 12.4. The number of rotatable bonds is 7. The zero-order valence-electron chi connectivity index (χ0n) is 12.4. The zero-order chi connectivity index (χ0) is 14.2. The van der Waals surface area contributed by atoms with Crippen LogP contribution in [-0.2, 0) is 16.0 Å². The Labute approximate surface area is 121 Å². The molecule has 2 rings (SSSR count). The van der Waals surface area contributed by atoms with E-state index in [1.165, 1.54) is 5.56 Å². The molecule has 0 spiro atoms. The number of carbonyl (C=O) groups is 1. The van der Waals surface area contributed by atoms with Gasteiger partial charge in [-0.3, -0.25) is 4.79 Å². The van der Waals surface area contributed by atoms with Crippen molar-refractivity contribution in [3.63, 3.8) is 0 Å². The molecule has 110 valence electrons. The Kier molecular flexibility index (Phi) is 6.06. The van der Waals surface area contributed by atoms with E-state index in [1.54, 1.807) is 0 Å². The molecule has 0 aromatic heterocycles. The van der Waals surface area contributed by atoms with E-state index in [0.29, 0.717) is 12.3 Å². The van der Waals surface area contributed by atoms with Gasteiger partial charge in [-0.25, -0.2) is 0 Å². The Morgan fingerprint density at radius 3 is 2.80 bits per heavy atom. The molecule has 1 amide bonds. The first-order chi connectivity index (χ1) is 9.79. The number of amides is 1. The van der Waals surface area contributed by atoms with E-state index in [-0.39, 0.29) is 5.91 Å². The molecular formula is C17H25NO2. The number of hydrogen-bond acceptors (Lipinski definition) is 2. The van der Waals surface area contributed by atoms with Crippen molar-refractivity contribution in [2.45, 2.75) is 32.6 Å². The number of ether oxygens (including phenoxy) is 1. The van der Waals surface area contributed by atoms with Gasteiger partial charge in [0.2, 0.25) is 5.91 Å². The van der Waals surface area contributed by atoms with Crippen LogP contribution in [-0.4, -0.2) is 37.1 Å². The molecule has 1 saturated heterocycles. The van der Waals surface area contributed by atoms with Gasteiger partial charge >= 0.3 is 0 Å². The average molecular weight is 275 g/mol. The monoisotopic (exact) mass is 275 g/mol. The standard InChI is InChI=1S/C17H25NO2/c1-2-11-18(13-16-10-12-20-14-16)17(19)9-8-15-6-4-3-5-7-15/h3-7,16H,2,8-14H2,1H3. The van der Waals surface area contributed by atoms with Crippen LogP contribution >= 0.6 is 0 Å². The molecule has 3 heteroatoms. The molecule has 1 aliphatic rings. The Morgan fingerprint density at radius 2 is 2.15 bits per heavy atom. The lowest BCUT2D eigenvalue weighted by Gasteiger charge is -2.25. The molecule has 1 heterocycles. The third-order valence-corrected chi connectivity index (χ3v) is 3.82. The molecule has 0 radical (unpaired) electrons. The molecule has 1 fully saturated rings. The van der Waals surface area contributed by atoms with E-state index < -0.39 is 0 Å². The van der Waals surface area contributed by atoms with Gasteiger partial charge in [0.15, 0.2) is 0 Å². The first-order valence-electron chi connectivity index (χ1n) is 7.69. The van der Waals surface area contributed by atoms with Gasteiger partial charge in [0, 0.05) is 32.0 Å². The largest absolute Gasteiger partial charge is 0.381 e. The van der Waals surface area contributed by atoms with Crippen LogP contribution in [0.2, 0.25) is 0 Å². The lowest BCUT2D eigenvalue weighted by Crippen LogP contribution is -2.36. The van der Waals surface area contributed by atoms with Crippen molar-refractivity contribution in [1.29, 1.82) is 0 Å². The third kappa shape index (κ3) is 4.64. The molecule has 3 nitrogen and oxygen atoms in total. The molecule has 0 bridgehead atoms. The van der Waals surface area contributed by atoms with Crippen LogP contribution in [0.1, 0.15) is 31.7 Å². The van der Waals surface area contributed by atoms with Gasteiger partial charge in [-0.15, -0.1) is 0 Å². The van der Waals surface area contributed by atoms with Crippen LogP contribution < -0.4 is 0 Å².